The standard InChI is InChI=1S/C11H11NO4/c1-15-7-10(11(13)14)16-9-4-2-8(6-12)3-5-9/h2-5,10H,7H2,1H3,(H,13,14). The van der Waals surface area contributed by atoms with Crippen molar-refractivity contribution in [3.63, 3.8) is 0 Å². The van der Waals surface area contributed by atoms with Crippen LogP contribution in [0, 0.1) is 11.3 Å². The normalized spacial score (nSPS) is 11.5. The molecule has 5 nitrogen and oxygen atoms in total. The lowest BCUT2D eigenvalue weighted by atomic mass is 10.2. The molecule has 1 aromatic carbocycles. The van der Waals surface area contributed by atoms with Gasteiger partial charge in [0.1, 0.15) is 5.75 Å². The fraction of sp³-hybridized carbons (Fsp3) is 0.273. The first kappa shape index (κ1) is 12.0. The van der Waals surface area contributed by atoms with Gasteiger partial charge in [0.2, 0.25) is 6.10 Å². The molecular formula is C11H11NO4. The number of carboxylic acids is 1. The van der Waals surface area contributed by atoms with Gasteiger partial charge in [0.25, 0.3) is 0 Å². The van der Waals surface area contributed by atoms with Gasteiger partial charge in [-0.2, -0.15) is 5.26 Å². The predicted molar refractivity (Wildman–Crippen MR) is 55.1 cm³/mol. The molecule has 84 valence electrons. The molecule has 1 rings (SSSR count). The summed E-state index contributed by atoms with van der Waals surface area (Å²) in [5.41, 5.74) is 0.492. The molecule has 0 aliphatic heterocycles. The van der Waals surface area contributed by atoms with Crippen molar-refractivity contribution in [3.8, 4) is 11.8 Å². The van der Waals surface area contributed by atoms with Crippen molar-refractivity contribution in [2.45, 2.75) is 6.10 Å². The molecular weight excluding hydrogens is 210 g/mol. The minimum atomic E-state index is -1.09. The molecule has 0 aromatic heterocycles. The van der Waals surface area contributed by atoms with Gasteiger partial charge in [0, 0.05) is 7.11 Å². The molecule has 5 heteroatoms. The molecule has 0 heterocycles. The Kier molecular flexibility index (Phi) is 4.30. The average molecular weight is 221 g/mol. The lowest BCUT2D eigenvalue weighted by Crippen LogP contribution is -2.31. The first-order chi connectivity index (χ1) is 7.67. The second-order valence-electron chi connectivity index (χ2n) is 3.04. The van der Waals surface area contributed by atoms with Crippen molar-refractivity contribution in [2.75, 3.05) is 13.7 Å². The van der Waals surface area contributed by atoms with E-state index in [1.54, 1.807) is 24.3 Å². The maximum atomic E-state index is 10.8. The van der Waals surface area contributed by atoms with E-state index in [2.05, 4.69) is 0 Å². The van der Waals surface area contributed by atoms with Crippen LogP contribution in [0.15, 0.2) is 24.3 Å². The largest absolute Gasteiger partial charge is 0.478 e. The number of nitrogens with zero attached hydrogens (tertiary/aromatic N) is 1. The van der Waals surface area contributed by atoms with Crippen LogP contribution in [-0.2, 0) is 9.53 Å². The summed E-state index contributed by atoms with van der Waals surface area (Å²) in [5.74, 6) is -0.699. The van der Waals surface area contributed by atoms with E-state index in [4.69, 9.17) is 19.8 Å². The molecule has 0 bridgehead atoms. The summed E-state index contributed by atoms with van der Waals surface area (Å²) in [6, 6.07) is 8.16. The summed E-state index contributed by atoms with van der Waals surface area (Å²) >= 11 is 0. The number of carboxylic acid groups (broad SMARTS) is 1. The number of rotatable bonds is 5. The first-order valence-corrected chi connectivity index (χ1v) is 4.56. The summed E-state index contributed by atoms with van der Waals surface area (Å²) < 4.78 is 9.91. The van der Waals surface area contributed by atoms with Gasteiger partial charge < -0.3 is 14.6 Å². The number of methoxy groups -OCH3 is 1. The second kappa shape index (κ2) is 5.73. The van der Waals surface area contributed by atoms with Crippen LogP contribution in [-0.4, -0.2) is 30.9 Å². The van der Waals surface area contributed by atoms with Gasteiger partial charge in [0.05, 0.1) is 18.2 Å². The van der Waals surface area contributed by atoms with E-state index < -0.39 is 12.1 Å². The van der Waals surface area contributed by atoms with Crippen LogP contribution in [0.1, 0.15) is 5.56 Å². The third-order valence-electron chi connectivity index (χ3n) is 1.86. The number of ether oxygens (including phenoxy) is 2. The Hall–Kier alpha value is -2.06. The Morgan fingerprint density at radius 1 is 1.50 bits per heavy atom. The minimum Gasteiger partial charge on any atom is -0.478 e. The van der Waals surface area contributed by atoms with Gasteiger partial charge in [0.15, 0.2) is 0 Å². The molecule has 0 saturated carbocycles. The van der Waals surface area contributed by atoms with Gasteiger partial charge in [-0.3, -0.25) is 0 Å². The lowest BCUT2D eigenvalue weighted by Gasteiger charge is -2.13. The van der Waals surface area contributed by atoms with Crippen LogP contribution < -0.4 is 4.74 Å². The number of aliphatic carboxylic acids is 1. The van der Waals surface area contributed by atoms with Gasteiger partial charge in [-0.25, -0.2) is 4.79 Å². The molecule has 0 radical (unpaired) electrons. The SMILES string of the molecule is COCC(Oc1ccc(C#N)cc1)C(=O)O. The highest BCUT2D eigenvalue weighted by atomic mass is 16.5. The number of nitriles is 1. The Bertz CT molecular complexity index is 393. The Morgan fingerprint density at radius 3 is 2.56 bits per heavy atom. The van der Waals surface area contributed by atoms with E-state index >= 15 is 0 Å². The molecule has 0 saturated heterocycles. The molecule has 0 fully saturated rings. The molecule has 0 amide bonds. The summed E-state index contributed by atoms with van der Waals surface area (Å²) in [6.07, 6.45) is -1.04. The summed E-state index contributed by atoms with van der Waals surface area (Å²) in [5, 5.41) is 17.4. The van der Waals surface area contributed by atoms with Crippen LogP contribution in [0.2, 0.25) is 0 Å². The highest BCUT2D eigenvalue weighted by Crippen LogP contribution is 2.13. The van der Waals surface area contributed by atoms with E-state index in [-0.39, 0.29) is 6.61 Å². The van der Waals surface area contributed by atoms with E-state index in [1.165, 1.54) is 7.11 Å². The number of benzene rings is 1. The van der Waals surface area contributed by atoms with Crippen LogP contribution in [0.25, 0.3) is 0 Å². The summed E-state index contributed by atoms with van der Waals surface area (Å²) in [4.78, 5) is 10.8. The van der Waals surface area contributed by atoms with Crippen molar-refractivity contribution in [1.29, 1.82) is 5.26 Å². The molecule has 1 unspecified atom stereocenters. The van der Waals surface area contributed by atoms with E-state index in [0.717, 1.165) is 0 Å². The van der Waals surface area contributed by atoms with Gasteiger partial charge in [-0.05, 0) is 24.3 Å². The van der Waals surface area contributed by atoms with Crippen molar-refractivity contribution in [2.24, 2.45) is 0 Å². The molecule has 1 N–H and O–H groups in total. The van der Waals surface area contributed by atoms with Gasteiger partial charge in [-0.1, -0.05) is 0 Å². The Morgan fingerprint density at radius 2 is 2.12 bits per heavy atom. The number of hydrogen-bond acceptors (Lipinski definition) is 4. The third kappa shape index (κ3) is 3.26. The van der Waals surface area contributed by atoms with Gasteiger partial charge >= 0.3 is 5.97 Å². The summed E-state index contributed by atoms with van der Waals surface area (Å²) in [6.45, 7) is -0.0324. The lowest BCUT2D eigenvalue weighted by molar-refractivity contribution is -0.147. The molecule has 1 aromatic rings. The molecule has 0 aliphatic rings. The molecule has 0 aliphatic carbocycles. The van der Waals surface area contributed by atoms with Crippen LogP contribution in [0.4, 0.5) is 0 Å². The third-order valence-corrected chi connectivity index (χ3v) is 1.86. The van der Waals surface area contributed by atoms with Gasteiger partial charge in [-0.15, -0.1) is 0 Å². The van der Waals surface area contributed by atoms with Crippen LogP contribution in [0.3, 0.4) is 0 Å². The minimum absolute atomic E-state index is 0.0324. The number of hydrogen-bond donors (Lipinski definition) is 1. The zero-order valence-corrected chi connectivity index (χ0v) is 8.71. The molecule has 1 atom stereocenters. The average Bonchev–Trinajstić information content (AvgIpc) is 2.29. The highest BCUT2D eigenvalue weighted by Gasteiger charge is 2.18. The first-order valence-electron chi connectivity index (χ1n) is 4.56. The Balaban J connectivity index is 2.70. The molecule has 16 heavy (non-hydrogen) atoms. The second-order valence-corrected chi connectivity index (χ2v) is 3.04. The quantitative estimate of drug-likeness (QED) is 0.803. The predicted octanol–water partition coefficient (Wildman–Crippen LogP) is 1.04. The highest BCUT2D eigenvalue weighted by molar-refractivity contribution is 5.72. The van der Waals surface area contributed by atoms with E-state index in [9.17, 15) is 4.79 Å². The summed E-state index contributed by atoms with van der Waals surface area (Å²) in [7, 11) is 1.40. The van der Waals surface area contributed by atoms with Crippen molar-refractivity contribution in [1.82, 2.24) is 0 Å². The van der Waals surface area contributed by atoms with E-state index in [1.807, 2.05) is 6.07 Å². The van der Waals surface area contributed by atoms with Crippen LogP contribution in [0.5, 0.6) is 5.75 Å². The van der Waals surface area contributed by atoms with Crippen molar-refractivity contribution in [3.05, 3.63) is 29.8 Å². The molecule has 0 spiro atoms. The zero-order valence-electron chi connectivity index (χ0n) is 8.71. The topological polar surface area (TPSA) is 79.5 Å². The fourth-order valence-corrected chi connectivity index (χ4v) is 1.08. The maximum Gasteiger partial charge on any atom is 0.347 e. The Labute approximate surface area is 92.8 Å². The van der Waals surface area contributed by atoms with Crippen LogP contribution >= 0.6 is 0 Å². The smallest absolute Gasteiger partial charge is 0.347 e. The maximum absolute atomic E-state index is 10.8. The van der Waals surface area contributed by atoms with Crippen molar-refractivity contribution >= 4 is 5.97 Å². The monoisotopic (exact) mass is 221 g/mol. The van der Waals surface area contributed by atoms with E-state index in [0.29, 0.717) is 11.3 Å². The number of carbonyl (C=O) groups is 1. The fourth-order valence-electron chi connectivity index (χ4n) is 1.08. The van der Waals surface area contributed by atoms with Crippen molar-refractivity contribution < 1.29 is 19.4 Å². The zero-order chi connectivity index (χ0) is 12.0.